The fourth-order valence-electron chi connectivity index (χ4n) is 2.08. The van der Waals surface area contributed by atoms with Gasteiger partial charge in [-0.15, -0.1) is 11.8 Å². The van der Waals surface area contributed by atoms with Crippen molar-refractivity contribution in [2.45, 2.75) is 24.2 Å². The zero-order valence-electron chi connectivity index (χ0n) is 9.72. The average Bonchev–Trinajstić information content (AvgIpc) is 2.35. The molecule has 1 heterocycles. The monoisotopic (exact) mass is 289 g/mol. The number of hydrogen-bond acceptors (Lipinski definition) is 2. The van der Waals surface area contributed by atoms with Gasteiger partial charge in [-0.05, 0) is 62.2 Å². The Morgan fingerprint density at radius 1 is 1.18 bits per heavy atom. The van der Waals surface area contributed by atoms with E-state index < -0.39 is 0 Å². The zero-order chi connectivity index (χ0) is 12.1. The number of piperidine rings is 1. The van der Waals surface area contributed by atoms with Crippen LogP contribution in [-0.2, 0) is 0 Å². The van der Waals surface area contributed by atoms with Crippen LogP contribution in [0.4, 0.5) is 0 Å². The Labute approximate surface area is 117 Å². The molecule has 1 saturated heterocycles. The lowest BCUT2D eigenvalue weighted by Gasteiger charge is -2.22. The van der Waals surface area contributed by atoms with Gasteiger partial charge in [-0.2, -0.15) is 0 Å². The van der Waals surface area contributed by atoms with Crippen LogP contribution in [-0.4, -0.2) is 18.8 Å². The Bertz CT molecular complexity index is 364. The summed E-state index contributed by atoms with van der Waals surface area (Å²) in [6, 6.07) is 5.87. The fraction of sp³-hybridized carbons (Fsp3) is 0.538. The summed E-state index contributed by atoms with van der Waals surface area (Å²) in [5.41, 5.74) is 0. The molecule has 0 amide bonds. The second-order valence-electron chi connectivity index (χ2n) is 4.41. The molecule has 2 rings (SSSR count). The highest BCUT2D eigenvalue weighted by molar-refractivity contribution is 7.99. The van der Waals surface area contributed by atoms with Crippen LogP contribution in [0.15, 0.2) is 23.1 Å². The third kappa shape index (κ3) is 4.36. The van der Waals surface area contributed by atoms with E-state index in [1.807, 2.05) is 30.0 Å². The third-order valence-corrected chi connectivity index (χ3v) is 4.91. The molecule has 1 aromatic carbocycles. The van der Waals surface area contributed by atoms with Crippen LogP contribution in [0.3, 0.4) is 0 Å². The van der Waals surface area contributed by atoms with Gasteiger partial charge in [-0.1, -0.05) is 23.2 Å². The van der Waals surface area contributed by atoms with Crippen molar-refractivity contribution >= 4 is 35.0 Å². The summed E-state index contributed by atoms with van der Waals surface area (Å²) < 4.78 is 0. The van der Waals surface area contributed by atoms with E-state index in [1.165, 1.54) is 43.0 Å². The maximum absolute atomic E-state index is 5.99. The molecule has 0 unspecified atom stereocenters. The summed E-state index contributed by atoms with van der Waals surface area (Å²) in [4.78, 5) is 1.22. The molecule has 94 valence electrons. The molecular formula is C13H17Cl2NS. The number of thioether (sulfide) groups is 1. The molecule has 0 saturated carbocycles. The molecule has 1 aliphatic heterocycles. The maximum atomic E-state index is 5.99. The molecule has 17 heavy (non-hydrogen) atoms. The Hall–Kier alpha value is 0.110. The molecule has 4 heteroatoms. The van der Waals surface area contributed by atoms with Gasteiger partial charge in [-0.25, -0.2) is 0 Å². The van der Waals surface area contributed by atoms with Gasteiger partial charge in [0.25, 0.3) is 0 Å². The molecule has 1 nitrogen and oxygen atoms in total. The lowest BCUT2D eigenvalue weighted by Crippen LogP contribution is -2.27. The molecule has 1 aliphatic rings. The van der Waals surface area contributed by atoms with Crippen LogP contribution in [0.2, 0.25) is 10.0 Å². The number of benzene rings is 1. The van der Waals surface area contributed by atoms with Crippen molar-refractivity contribution < 1.29 is 0 Å². The fourth-order valence-corrected chi connectivity index (χ4v) is 3.50. The third-order valence-electron chi connectivity index (χ3n) is 3.14. The average molecular weight is 290 g/mol. The van der Waals surface area contributed by atoms with Crippen molar-refractivity contribution in [3.63, 3.8) is 0 Å². The molecule has 1 N–H and O–H groups in total. The van der Waals surface area contributed by atoms with E-state index in [1.54, 1.807) is 0 Å². The molecule has 0 atom stereocenters. The van der Waals surface area contributed by atoms with E-state index in [2.05, 4.69) is 5.32 Å². The largest absolute Gasteiger partial charge is 0.317 e. The van der Waals surface area contributed by atoms with E-state index >= 15 is 0 Å². The van der Waals surface area contributed by atoms with E-state index in [0.717, 1.165) is 5.92 Å². The maximum Gasteiger partial charge on any atom is 0.0603 e. The number of hydrogen-bond donors (Lipinski definition) is 1. The van der Waals surface area contributed by atoms with Crippen molar-refractivity contribution in [1.29, 1.82) is 0 Å². The predicted molar refractivity (Wildman–Crippen MR) is 77.4 cm³/mol. The molecule has 0 radical (unpaired) electrons. The molecular weight excluding hydrogens is 273 g/mol. The Balaban J connectivity index is 1.75. The van der Waals surface area contributed by atoms with Crippen molar-refractivity contribution in [3.05, 3.63) is 28.2 Å². The highest BCUT2D eigenvalue weighted by atomic mass is 35.5. The van der Waals surface area contributed by atoms with Crippen LogP contribution in [0.5, 0.6) is 0 Å². The summed E-state index contributed by atoms with van der Waals surface area (Å²) in [5.74, 6) is 2.06. The first-order valence-electron chi connectivity index (χ1n) is 6.04. The summed E-state index contributed by atoms with van der Waals surface area (Å²) in [6.45, 7) is 2.37. The lowest BCUT2D eigenvalue weighted by molar-refractivity contribution is 0.367. The van der Waals surface area contributed by atoms with E-state index in [9.17, 15) is 0 Å². The van der Waals surface area contributed by atoms with Gasteiger partial charge in [-0.3, -0.25) is 0 Å². The zero-order valence-corrected chi connectivity index (χ0v) is 12.0. The highest BCUT2D eigenvalue weighted by Gasteiger charge is 2.12. The minimum atomic E-state index is 0.634. The highest BCUT2D eigenvalue weighted by Crippen LogP contribution is 2.29. The first kappa shape index (κ1) is 13.5. The SMILES string of the molecule is Clc1ccc(SCCC2CCNCC2)cc1Cl. The first-order valence-corrected chi connectivity index (χ1v) is 7.78. The van der Waals surface area contributed by atoms with Gasteiger partial charge in [0.15, 0.2) is 0 Å². The second kappa shape index (κ2) is 6.89. The van der Waals surface area contributed by atoms with Crippen molar-refractivity contribution in [3.8, 4) is 0 Å². The summed E-state index contributed by atoms with van der Waals surface area (Å²) in [7, 11) is 0. The van der Waals surface area contributed by atoms with Crippen LogP contribution < -0.4 is 5.32 Å². The second-order valence-corrected chi connectivity index (χ2v) is 6.39. The van der Waals surface area contributed by atoms with E-state index in [4.69, 9.17) is 23.2 Å². The Morgan fingerprint density at radius 3 is 2.65 bits per heavy atom. The quantitative estimate of drug-likeness (QED) is 0.821. The van der Waals surface area contributed by atoms with Crippen LogP contribution in [0.1, 0.15) is 19.3 Å². The smallest absolute Gasteiger partial charge is 0.0603 e. The number of rotatable bonds is 4. The van der Waals surface area contributed by atoms with E-state index in [0.29, 0.717) is 10.0 Å². The van der Waals surface area contributed by atoms with Crippen LogP contribution in [0, 0.1) is 5.92 Å². The minimum Gasteiger partial charge on any atom is -0.317 e. The van der Waals surface area contributed by atoms with Gasteiger partial charge < -0.3 is 5.32 Å². The van der Waals surface area contributed by atoms with Gasteiger partial charge in [0.1, 0.15) is 0 Å². The number of nitrogens with one attached hydrogen (secondary N) is 1. The molecule has 1 aromatic rings. The number of halogens is 2. The van der Waals surface area contributed by atoms with E-state index in [-0.39, 0.29) is 0 Å². The van der Waals surface area contributed by atoms with Gasteiger partial charge >= 0.3 is 0 Å². The normalized spacial score (nSPS) is 17.3. The minimum absolute atomic E-state index is 0.634. The Kier molecular flexibility index (Phi) is 5.49. The lowest BCUT2D eigenvalue weighted by atomic mass is 9.96. The van der Waals surface area contributed by atoms with Crippen LogP contribution in [0.25, 0.3) is 0 Å². The molecule has 0 spiro atoms. The first-order chi connectivity index (χ1) is 8.25. The molecule has 0 aromatic heterocycles. The summed E-state index contributed by atoms with van der Waals surface area (Å²) >= 11 is 13.7. The van der Waals surface area contributed by atoms with Crippen LogP contribution >= 0.6 is 35.0 Å². The summed E-state index contributed by atoms with van der Waals surface area (Å²) in [5, 5.41) is 4.68. The van der Waals surface area contributed by atoms with Gasteiger partial charge in [0, 0.05) is 4.90 Å². The molecule has 0 bridgehead atoms. The van der Waals surface area contributed by atoms with Gasteiger partial charge in [0.05, 0.1) is 10.0 Å². The van der Waals surface area contributed by atoms with Gasteiger partial charge in [0.2, 0.25) is 0 Å². The molecule has 0 aliphatic carbocycles. The van der Waals surface area contributed by atoms with Crippen molar-refractivity contribution in [1.82, 2.24) is 5.32 Å². The molecule has 1 fully saturated rings. The predicted octanol–water partition coefficient (Wildman–Crippen LogP) is 4.48. The van der Waals surface area contributed by atoms with Crippen molar-refractivity contribution in [2.24, 2.45) is 5.92 Å². The topological polar surface area (TPSA) is 12.0 Å². The summed E-state index contributed by atoms with van der Waals surface area (Å²) in [6.07, 6.45) is 3.94. The Morgan fingerprint density at radius 2 is 1.94 bits per heavy atom. The van der Waals surface area contributed by atoms with Crippen molar-refractivity contribution in [2.75, 3.05) is 18.8 Å². The standard InChI is InChI=1S/C13H17Cl2NS/c14-12-2-1-11(9-13(12)15)17-8-5-10-3-6-16-7-4-10/h1-2,9-10,16H,3-8H2.